The van der Waals surface area contributed by atoms with Crippen molar-refractivity contribution in [2.24, 2.45) is 34.0 Å². The van der Waals surface area contributed by atoms with Crippen LogP contribution in [0, 0.1) is 34.0 Å². The van der Waals surface area contributed by atoms with Gasteiger partial charge in [0.2, 0.25) is 0 Å². The first-order valence-electron chi connectivity index (χ1n) is 16.6. The fourth-order valence-electron chi connectivity index (χ4n) is 9.53. The lowest BCUT2D eigenvalue weighted by molar-refractivity contribution is -0.164. The summed E-state index contributed by atoms with van der Waals surface area (Å²) in [5.41, 5.74) is -0.0594. The summed E-state index contributed by atoms with van der Waals surface area (Å²) in [7, 11) is -1.21. The van der Waals surface area contributed by atoms with Crippen LogP contribution in [0.3, 0.4) is 0 Å². The Morgan fingerprint density at radius 1 is 1.24 bits per heavy atom. The number of anilines is 1. The summed E-state index contributed by atoms with van der Waals surface area (Å²) in [5.74, 6) is -1.26. The molecular weight excluding hydrogens is 587 g/mol. The number of aliphatic hydroxyl groups excluding tert-OH is 1. The standard InChI is InChI=1S/C35H51BN2O8/c1-9-33(7)16-27(34(8)20(2)10-12-35(21(3)30(33)42)13-11-26(39)29(34)35)38(18-28(40)41)23-14-22(17-37-31(43)46-32(4,5)6)24-19-45-36(44)25(24)15-23/h9,14-15,20-21,27,29-30,42,44H,1,10-13,16-19H2,2-8H3,(H,37,43)(H,40,41)/t20-,21+,27-,29+,30+,33-,34+,35+/m1/s1. The molecule has 4 aliphatic rings. The highest BCUT2D eigenvalue weighted by molar-refractivity contribution is 6.61. The van der Waals surface area contributed by atoms with E-state index >= 15 is 0 Å². The smallest absolute Gasteiger partial charge is 0.480 e. The molecule has 0 unspecified atom stereocenters. The lowest BCUT2D eigenvalue weighted by atomic mass is 9.43. The summed E-state index contributed by atoms with van der Waals surface area (Å²) in [5, 5.41) is 36.0. The average molecular weight is 639 g/mol. The summed E-state index contributed by atoms with van der Waals surface area (Å²) >= 11 is 0. The molecule has 252 valence electrons. The quantitative estimate of drug-likeness (QED) is 0.255. The maximum absolute atomic E-state index is 14.0. The van der Waals surface area contributed by atoms with E-state index in [4.69, 9.17) is 9.39 Å². The van der Waals surface area contributed by atoms with Gasteiger partial charge in [0.15, 0.2) is 0 Å². The number of benzene rings is 1. The van der Waals surface area contributed by atoms with Crippen molar-refractivity contribution in [1.82, 2.24) is 5.32 Å². The molecule has 4 N–H and O–H groups in total. The minimum atomic E-state index is -1.21. The second-order valence-corrected chi connectivity index (χ2v) is 15.8. The van der Waals surface area contributed by atoms with Gasteiger partial charge < -0.3 is 34.8 Å². The van der Waals surface area contributed by atoms with E-state index in [1.807, 2.05) is 17.9 Å². The van der Waals surface area contributed by atoms with Crippen molar-refractivity contribution in [3.05, 3.63) is 35.9 Å². The van der Waals surface area contributed by atoms with Crippen LogP contribution in [0.4, 0.5) is 10.5 Å². The van der Waals surface area contributed by atoms with E-state index in [0.717, 1.165) is 18.4 Å². The molecule has 1 aromatic rings. The SMILES string of the molecule is C=C[C@]1(C)C[C@@H](N(CC(=O)O)c2cc(CNC(=O)OC(C)(C)C)c3c(c2)B(O)OC3)[C@]2(C)[C@H](C)CC[C@]3(CCC(=O)[C@H]32)[C@@H](C)[C@@H]1O. The first-order valence-corrected chi connectivity index (χ1v) is 16.6. The molecule has 46 heavy (non-hydrogen) atoms. The zero-order valence-electron chi connectivity index (χ0n) is 28.4. The lowest BCUT2D eigenvalue weighted by Gasteiger charge is -2.64. The van der Waals surface area contributed by atoms with Crippen LogP contribution >= 0.6 is 0 Å². The van der Waals surface area contributed by atoms with Crippen molar-refractivity contribution in [3.63, 3.8) is 0 Å². The number of aliphatic carboxylic acids is 1. The first-order chi connectivity index (χ1) is 21.4. The Balaban J connectivity index is 1.68. The Kier molecular flexibility index (Phi) is 8.97. The van der Waals surface area contributed by atoms with Gasteiger partial charge in [-0.3, -0.25) is 9.59 Å². The topological polar surface area (TPSA) is 146 Å². The maximum atomic E-state index is 14.0. The minimum absolute atomic E-state index is 0.0746. The third kappa shape index (κ3) is 5.66. The molecule has 3 fully saturated rings. The van der Waals surface area contributed by atoms with Gasteiger partial charge in [-0.25, -0.2) is 4.79 Å². The highest BCUT2D eigenvalue weighted by atomic mass is 16.6. The summed E-state index contributed by atoms with van der Waals surface area (Å²) in [4.78, 5) is 41.1. The fraction of sp³-hybridized carbons (Fsp3) is 0.686. The van der Waals surface area contributed by atoms with Crippen LogP contribution < -0.4 is 15.7 Å². The molecule has 3 aliphatic carbocycles. The van der Waals surface area contributed by atoms with E-state index in [0.29, 0.717) is 36.0 Å². The fourth-order valence-corrected chi connectivity index (χ4v) is 9.53. The van der Waals surface area contributed by atoms with Gasteiger partial charge >= 0.3 is 19.2 Å². The van der Waals surface area contributed by atoms with E-state index in [-0.39, 0.29) is 43.2 Å². The minimum Gasteiger partial charge on any atom is -0.480 e. The number of hydrogen-bond acceptors (Lipinski definition) is 8. The number of alkyl carbamates (subject to hydrolysis) is 1. The van der Waals surface area contributed by atoms with Gasteiger partial charge in [0, 0.05) is 41.4 Å². The molecular formula is C35H51BN2O8. The highest BCUT2D eigenvalue weighted by Crippen LogP contribution is 2.68. The Morgan fingerprint density at radius 3 is 2.57 bits per heavy atom. The number of carboxylic acid groups (broad SMARTS) is 1. The predicted octanol–water partition coefficient (Wildman–Crippen LogP) is 4.18. The second-order valence-electron chi connectivity index (χ2n) is 15.8. The van der Waals surface area contributed by atoms with E-state index in [1.165, 1.54) is 0 Å². The van der Waals surface area contributed by atoms with Crippen LogP contribution in [0.2, 0.25) is 0 Å². The van der Waals surface area contributed by atoms with Crippen LogP contribution in [0.25, 0.3) is 0 Å². The summed E-state index contributed by atoms with van der Waals surface area (Å²) in [6.07, 6.45) is 3.64. The van der Waals surface area contributed by atoms with Gasteiger partial charge in [0.25, 0.3) is 0 Å². The van der Waals surface area contributed by atoms with E-state index in [9.17, 15) is 29.6 Å². The zero-order valence-corrected chi connectivity index (χ0v) is 28.4. The molecule has 1 amide bonds. The molecule has 0 aromatic heterocycles. The summed E-state index contributed by atoms with van der Waals surface area (Å²) in [6.45, 7) is 17.7. The highest BCUT2D eigenvalue weighted by Gasteiger charge is 2.68. The van der Waals surface area contributed by atoms with E-state index < -0.39 is 53.2 Å². The van der Waals surface area contributed by atoms with Gasteiger partial charge in [-0.05, 0) is 92.4 Å². The Morgan fingerprint density at radius 2 is 1.93 bits per heavy atom. The third-order valence-electron chi connectivity index (χ3n) is 12.2. The van der Waals surface area contributed by atoms with Crippen LogP contribution in [0.1, 0.15) is 91.7 Å². The monoisotopic (exact) mass is 638 g/mol. The molecule has 3 saturated carbocycles. The Bertz CT molecular complexity index is 1410. The zero-order chi connectivity index (χ0) is 34.0. The molecule has 5 rings (SSSR count). The summed E-state index contributed by atoms with van der Waals surface area (Å²) in [6, 6.07) is 3.14. The molecule has 11 heteroatoms. The number of hydrogen-bond donors (Lipinski definition) is 4. The van der Waals surface area contributed by atoms with Crippen molar-refractivity contribution in [2.45, 2.75) is 111 Å². The number of rotatable bonds is 7. The molecule has 2 bridgehead atoms. The number of carboxylic acids is 1. The van der Waals surface area contributed by atoms with Gasteiger partial charge in [0.1, 0.15) is 17.9 Å². The first kappa shape index (κ1) is 34.4. The predicted molar refractivity (Wildman–Crippen MR) is 175 cm³/mol. The van der Waals surface area contributed by atoms with E-state index in [2.05, 4.69) is 32.7 Å². The molecule has 0 saturated heterocycles. The number of carbonyl (C=O) groups excluding carboxylic acids is 2. The Labute approximate surface area is 273 Å². The molecule has 0 spiro atoms. The van der Waals surface area contributed by atoms with Crippen LogP contribution in [0.5, 0.6) is 0 Å². The van der Waals surface area contributed by atoms with Crippen molar-refractivity contribution in [1.29, 1.82) is 0 Å². The van der Waals surface area contributed by atoms with Crippen molar-refractivity contribution in [2.75, 3.05) is 11.4 Å². The van der Waals surface area contributed by atoms with Gasteiger partial charge in [0.05, 0.1) is 12.7 Å². The number of Topliss-reactive ketones (excluding diaryl/α,β-unsaturated/α-hetero) is 1. The third-order valence-corrected chi connectivity index (χ3v) is 12.2. The molecule has 1 aliphatic heterocycles. The van der Waals surface area contributed by atoms with Gasteiger partial charge in [-0.15, -0.1) is 6.58 Å². The molecule has 8 atom stereocenters. The summed E-state index contributed by atoms with van der Waals surface area (Å²) < 4.78 is 11.0. The molecule has 1 aromatic carbocycles. The van der Waals surface area contributed by atoms with Crippen molar-refractivity contribution in [3.8, 4) is 0 Å². The Hall–Kier alpha value is -2.89. The second kappa shape index (κ2) is 12.0. The normalized spacial score (nSPS) is 35.5. The number of carbonyl (C=O) groups is 3. The van der Waals surface area contributed by atoms with Gasteiger partial charge in [-0.1, -0.05) is 33.8 Å². The molecule has 0 radical (unpaired) electrons. The number of ketones is 1. The average Bonchev–Trinajstić information content (AvgIpc) is 3.53. The molecule has 1 heterocycles. The maximum Gasteiger partial charge on any atom is 0.491 e. The number of aliphatic hydroxyl groups is 1. The largest absolute Gasteiger partial charge is 0.491 e. The van der Waals surface area contributed by atoms with Crippen LogP contribution in [0.15, 0.2) is 24.8 Å². The van der Waals surface area contributed by atoms with Gasteiger partial charge in [-0.2, -0.15) is 0 Å². The lowest BCUT2D eigenvalue weighted by Crippen LogP contribution is -2.66. The number of nitrogens with one attached hydrogen (secondary N) is 1. The number of nitrogens with zero attached hydrogens (tertiary/aromatic N) is 1. The number of fused-ring (bicyclic) bond motifs is 1. The van der Waals surface area contributed by atoms with Crippen LogP contribution in [-0.4, -0.2) is 64.5 Å². The van der Waals surface area contributed by atoms with E-state index in [1.54, 1.807) is 32.9 Å². The van der Waals surface area contributed by atoms with Crippen LogP contribution in [-0.2, 0) is 32.1 Å². The van der Waals surface area contributed by atoms with Crippen molar-refractivity contribution >= 4 is 36.1 Å². The van der Waals surface area contributed by atoms with Crippen molar-refractivity contribution < 1.29 is 39.0 Å². The number of amides is 1. The molecule has 10 nitrogen and oxygen atoms in total. The number of ether oxygens (including phenoxy) is 1.